The minimum Gasteiger partial charge on any atom is -0.179 e. The van der Waals surface area contributed by atoms with Crippen molar-refractivity contribution in [3.8, 4) is 11.1 Å². The van der Waals surface area contributed by atoms with Gasteiger partial charge < -0.3 is 24.8 Å². The van der Waals surface area contributed by atoms with E-state index in [4.69, 9.17) is 0 Å². The SMILES string of the molecule is [C-]1=CC=CC1.[Cl-].[Cl-].[Zr+2]=[Si](c1ccccc1)c1ccccc1.[c-]1cccc2c1Cc1ccccc1-2. The summed E-state index contributed by atoms with van der Waals surface area (Å²) in [5.74, 6) is 0. The third-order valence-electron chi connectivity index (χ3n) is 5.33. The number of benzene rings is 4. The molecule has 168 valence electrons. The summed E-state index contributed by atoms with van der Waals surface area (Å²) in [6.07, 6.45) is 11.0. The number of halogens is 2. The molecule has 0 saturated carbocycles. The van der Waals surface area contributed by atoms with Gasteiger partial charge in [-0.15, -0.1) is 12.0 Å². The average Bonchev–Trinajstić information content (AvgIpc) is 3.57. The van der Waals surface area contributed by atoms with Gasteiger partial charge in [-0.05, 0) is 6.42 Å². The molecule has 0 saturated heterocycles. The summed E-state index contributed by atoms with van der Waals surface area (Å²) in [6, 6.07) is 39.8. The molecule has 0 aromatic heterocycles. The normalized spacial score (nSPS) is 11.4. The Balaban J connectivity index is 0.000000191. The Hall–Kier alpha value is -1.96. The zero-order valence-corrected chi connectivity index (χ0v) is 23.7. The number of rotatable bonds is 2. The zero-order valence-electron chi connectivity index (χ0n) is 18.7. The summed E-state index contributed by atoms with van der Waals surface area (Å²) in [4.78, 5) is 0. The fourth-order valence-corrected chi connectivity index (χ4v) is 7.56. The van der Waals surface area contributed by atoms with Crippen molar-refractivity contribution in [2.24, 2.45) is 0 Å². The Bertz CT molecular complexity index is 1140. The van der Waals surface area contributed by atoms with Gasteiger partial charge in [-0.1, -0.05) is 35.4 Å². The molecule has 4 aromatic carbocycles. The van der Waals surface area contributed by atoms with Crippen molar-refractivity contribution >= 4 is 15.8 Å². The molecule has 0 radical (unpaired) electrons. The molecule has 0 bridgehead atoms. The Labute approximate surface area is 231 Å². The molecule has 0 atom stereocenters. The van der Waals surface area contributed by atoms with E-state index in [1.165, 1.54) is 32.6 Å². The van der Waals surface area contributed by atoms with Gasteiger partial charge in [0.2, 0.25) is 0 Å². The van der Waals surface area contributed by atoms with Crippen LogP contribution in [0.1, 0.15) is 17.5 Å². The smallest absolute Gasteiger partial charge is 0.0253 e. The van der Waals surface area contributed by atoms with Crippen LogP contribution in [0.2, 0.25) is 0 Å². The Morgan fingerprint density at radius 2 is 1.26 bits per heavy atom. The van der Waals surface area contributed by atoms with Crippen LogP contribution < -0.4 is 35.2 Å². The van der Waals surface area contributed by atoms with Crippen molar-refractivity contribution in [2.75, 3.05) is 0 Å². The maximum Gasteiger partial charge on any atom is -0.0253 e. The van der Waals surface area contributed by atoms with E-state index in [1.807, 2.05) is 18.2 Å². The molecule has 4 aromatic rings. The Morgan fingerprint density at radius 3 is 1.82 bits per heavy atom. The molecular weight excluding hydrogens is 551 g/mol. The molecule has 6 rings (SSSR count). The zero-order chi connectivity index (χ0) is 22.0. The fourth-order valence-electron chi connectivity index (χ4n) is 3.71. The van der Waals surface area contributed by atoms with Crippen molar-refractivity contribution < 1.29 is 48.1 Å². The largest absolute Gasteiger partial charge is 0.179 e. The van der Waals surface area contributed by atoms with Gasteiger partial charge in [0.1, 0.15) is 0 Å². The summed E-state index contributed by atoms with van der Waals surface area (Å²) in [7, 11) is 0. The summed E-state index contributed by atoms with van der Waals surface area (Å²) in [6.45, 7) is 0. The van der Waals surface area contributed by atoms with Crippen LogP contribution in [0, 0.1) is 12.1 Å². The molecule has 0 unspecified atom stereocenters. The molecule has 4 heteroatoms. The van der Waals surface area contributed by atoms with E-state index >= 15 is 0 Å². The average molecular weight is 575 g/mol. The van der Waals surface area contributed by atoms with Crippen molar-refractivity contribution in [1.29, 1.82) is 0 Å². The number of hydrogen-bond donors (Lipinski definition) is 0. The third-order valence-corrected chi connectivity index (χ3v) is 11.4. The molecular formula is C30H24Cl2SiZr-2. The maximum atomic E-state index is 3.30. The molecule has 0 N–H and O–H groups in total. The first kappa shape index (κ1) is 28.3. The van der Waals surface area contributed by atoms with Gasteiger partial charge >= 0.3 is 99.8 Å². The first-order valence-electron chi connectivity index (χ1n) is 10.8. The van der Waals surface area contributed by atoms with E-state index in [2.05, 4.69) is 115 Å². The number of hydrogen-bond acceptors (Lipinski definition) is 0. The van der Waals surface area contributed by atoms with Crippen LogP contribution >= 0.6 is 0 Å². The van der Waals surface area contributed by atoms with Crippen LogP contribution in [0.15, 0.2) is 121 Å². The second-order valence-corrected chi connectivity index (χ2v) is 13.1. The standard InChI is InChI=1S/C13H9.C12H10Si.C5H5.2ClH.Zr/c1-3-7-12-10(5-1)9-11-6-2-4-8-13(11)12;1-3-7-11(8-4-1)13-12-9-5-2-6-10-12;1-2-4-5-3-1;;;/h1-5,7-8H,9H2;1-10H;1-3H,4H2;2*1H;/q-1;;-1;;;+2/p-2. The van der Waals surface area contributed by atoms with E-state index in [0.29, 0.717) is 0 Å². The van der Waals surface area contributed by atoms with Gasteiger partial charge in [0.15, 0.2) is 0 Å². The van der Waals surface area contributed by atoms with Crippen LogP contribution in [-0.4, -0.2) is 5.43 Å². The maximum absolute atomic E-state index is 3.30. The molecule has 2 aliphatic rings. The van der Waals surface area contributed by atoms with E-state index in [0.717, 1.165) is 12.8 Å². The second kappa shape index (κ2) is 15.1. The molecule has 0 fully saturated rings. The van der Waals surface area contributed by atoms with Crippen LogP contribution in [-0.2, 0) is 29.8 Å². The van der Waals surface area contributed by atoms with Gasteiger partial charge in [0, 0.05) is 0 Å². The molecule has 0 aliphatic heterocycles. The van der Waals surface area contributed by atoms with Crippen LogP contribution in [0.3, 0.4) is 0 Å². The van der Waals surface area contributed by atoms with Gasteiger partial charge in [-0.25, -0.2) is 12.2 Å². The minimum atomic E-state index is -0.455. The number of allylic oxidation sites excluding steroid dienone is 4. The monoisotopic (exact) mass is 572 g/mol. The second-order valence-electron chi connectivity index (χ2n) is 7.51. The minimum absolute atomic E-state index is 0. The molecule has 0 nitrogen and oxygen atoms in total. The molecule has 34 heavy (non-hydrogen) atoms. The first-order chi connectivity index (χ1) is 15.8. The van der Waals surface area contributed by atoms with E-state index in [-0.39, 0.29) is 24.8 Å². The number of fused-ring (bicyclic) bond motifs is 3. The van der Waals surface area contributed by atoms with Gasteiger partial charge in [-0.2, -0.15) is 35.9 Å². The summed E-state index contributed by atoms with van der Waals surface area (Å²) >= 11 is 1.64. The van der Waals surface area contributed by atoms with Gasteiger partial charge in [0.05, 0.1) is 0 Å². The van der Waals surface area contributed by atoms with E-state index in [1.54, 1.807) is 23.3 Å². The fraction of sp³-hybridized carbons (Fsp3) is 0.0667. The van der Waals surface area contributed by atoms with Crippen LogP contribution in [0.25, 0.3) is 11.1 Å². The summed E-state index contributed by atoms with van der Waals surface area (Å²) < 4.78 is 0. The van der Waals surface area contributed by atoms with Gasteiger partial charge in [-0.3, -0.25) is 6.08 Å². The molecule has 0 spiro atoms. The van der Waals surface area contributed by atoms with Crippen molar-refractivity contribution in [2.45, 2.75) is 12.8 Å². The molecule has 2 aliphatic carbocycles. The quantitative estimate of drug-likeness (QED) is 0.201. The van der Waals surface area contributed by atoms with Crippen LogP contribution in [0.4, 0.5) is 0 Å². The first-order valence-corrected chi connectivity index (χ1v) is 16.0. The summed E-state index contributed by atoms with van der Waals surface area (Å²) in [5.41, 5.74) is 5.06. The molecule has 0 amide bonds. The van der Waals surface area contributed by atoms with Crippen molar-refractivity contribution in [3.05, 3.63) is 145 Å². The van der Waals surface area contributed by atoms with Crippen molar-refractivity contribution in [3.63, 3.8) is 0 Å². The van der Waals surface area contributed by atoms with Crippen LogP contribution in [0.5, 0.6) is 0 Å². The topological polar surface area (TPSA) is 0 Å². The predicted molar refractivity (Wildman–Crippen MR) is 133 cm³/mol. The van der Waals surface area contributed by atoms with E-state index < -0.39 is 5.43 Å². The van der Waals surface area contributed by atoms with Gasteiger partial charge in [0.25, 0.3) is 0 Å². The van der Waals surface area contributed by atoms with Crippen molar-refractivity contribution in [1.82, 2.24) is 0 Å². The Kier molecular flexibility index (Phi) is 12.6. The third kappa shape index (κ3) is 7.79. The Morgan fingerprint density at radius 1 is 0.676 bits per heavy atom. The molecule has 0 heterocycles. The predicted octanol–water partition coefficient (Wildman–Crippen LogP) is -0.289. The summed E-state index contributed by atoms with van der Waals surface area (Å²) in [5, 5.41) is 3.03. The van der Waals surface area contributed by atoms with E-state index in [9.17, 15) is 0 Å².